The second-order valence-electron chi connectivity index (χ2n) is 5.06. The quantitative estimate of drug-likeness (QED) is 0.595. The Labute approximate surface area is 133 Å². The second-order valence-corrected chi connectivity index (χ2v) is 7.85. The van der Waals surface area contributed by atoms with Crippen LogP contribution in [0.25, 0.3) is 0 Å². The molecule has 1 aliphatic heterocycles. The van der Waals surface area contributed by atoms with Crippen LogP contribution in [0.3, 0.4) is 0 Å². The van der Waals surface area contributed by atoms with Crippen LogP contribution in [0.2, 0.25) is 0 Å². The number of nitrogens with two attached hydrogens (primary N) is 1. The van der Waals surface area contributed by atoms with Crippen LogP contribution in [0.5, 0.6) is 0 Å². The number of anilines is 1. The van der Waals surface area contributed by atoms with Gasteiger partial charge >= 0.3 is 0 Å². The number of rotatable bonds is 7. The van der Waals surface area contributed by atoms with E-state index in [9.17, 15) is 9.59 Å². The summed E-state index contributed by atoms with van der Waals surface area (Å²) in [5, 5.41) is 3.61. The molecule has 21 heavy (non-hydrogen) atoms. The zero-order valence-corrected chi connectivity index (χ0v) is 13.5. The predicted octanol–water partition coefficient (Wildman–Crippen LogP) is 3.44. The highest BCUT2D eigenvalue weighted by Crippen LogP contribution is 2.39. The number of carbonyl (C=O) groups excluding carboxylic acids is 2. The molecule has 3 N–H and O–H groups in total. The van der Waals surface area contributed by atoms with Crippen LogP contribution in [0, 0.1) is 0 Å². The zero-order chi connectivity index (χ0) is 15.1. The van der Waals surface area contributed by atoms with Crippen molar-refractivity contribution >= 4 is 39.1 Å². The van der Waals surface area contributed by atoms with E-state index in [0.717, 1.165) is 18.1 Å². The van der Waals surface area contributed by atoms with E-state index < -0.39 is 5.91 Å². The smallest absolute Gasteiger partial charge is 0.248 e. The van der Waals surface area contributed by atoms with Gasteiger partial charge in [0.25, 0.3) is 0 Å². The first-order valence-corrected chi connectivity index (χ1v) is 9.51. The first-order valence-electron chi connectivity index (χ1n) is 7.13. The molecule has 1 aromatic rings. The summed E-state index contributed by atoms with van der Waals surface area (Å²) in [6, 6.07) is 6.63. The fourth-order valence-corrected chi connectivity index (χ4v) is 5.19. The Hall–Kier alpha value is -1.14. The molecule has 2 rings (SSSR count). The Morgan fingerprint density at radius 3 is 2.62 bits per heavy atom. The van der Waals surface area contributed by atoms with Crippen LogP contribution in [0.1, 0.15) is 42.5 Å². The molecule has 0 bridgehead atoms. The molecule has 0 aliphatic carbocycles. The molecule has 114 valence electrons. The average molecular weight is 324 g/mol. The SMILES string of the molecule is NC(=O)c1ccc(NC(=O)CCCC[C@@H]2CCSS2)cc1. The van der Waals surface area contributed by atoms with Crippen LogP contribution in [-0.2, 0) is 4.79 Å². The Kier molecular flexibility index (Phi) is 6.45. The fourth-order valence-electron chi connectivity index (χ4n) is 2.16. The Morgan fingerprint density at radius 1 is 1.24 bits per heavy atom. The molecule has 0 aromatic heterocycles. The molecular formula is C15H20N2O2S2. The van der Waals surface area contributed by atoms with E-state index in [1.54, 1.807) is 24.3 Å². The highest BCUT2D eigenvalue weighted by Gasteiger charge is 2.15. The van der Waals surface area contributed by atoms with Gasteiger partial charge in [-0.1, -0.05) is 28.0 Å². The molecule has 4 nitrogen and oxygen atoms in total. The number of primary amides is 1. The highest BCUT2D eigenvalue weighted by molar-refractivity contribution is 8.77. The molecule has 1 atom stereocenters. The number of unbranched alkanes of at least 4 members (excludes halogenated alkanes) is 1. The van der Waals surface area contributed by atoms with Crippen LogP contribution < -0.4 is 11.1 Å². The summed E-state index contributed by atoms with van der Waals surface area (Å²) >= 11 is 0. The van der Waals surface area contributed by atoms with Crippen molar-refractivity contribution in [2.45, 2.75) is 37.4 Å². The number of nitrogens with one attached hydrogen (secondary N) is 1. The molecule has 0 saturated carbocycles. The number of hydrogen-bond donors (Lipinski definition) is 2. The van der Waals surface area contributed by atoms with E-state index in [-0.39, 0.29) is 5.91 Å². The standard InChI is InChI=1S/C15H20N2O2S2/c16-15(19)11-5-7-12(8-6-11)17-14(18)4-2-1-3-13-9-10-20-21-13/h5-8,13H,1-4,9-10H2,(H2,16,19)(H,17,18)/t13-/m1/s1. The lowest BCUT2D eigenvalue weighted by Gasteiger charge is -2.08. The van der Waals surface area contributed by atoms with E-state index in [1.165, 1.54) is 18.6 Å². The third-order valence-electron chi connectivity index (χ3n) is 3.36. The van der Waals surface area contributed by atoms with Gasteiger partial charge in [-0.15, -0.1) is 0 Å². The minimum absolute atomic E-state index is 0.0234. The molecular weight excluding hydrogens is 304 g/mol. The predicted molar refractivity (Wildman–Crippen MR) is 90.5 cm³/mol. The Bertz CT molecular complexity index is 485. The van der Waals surface area contributed by atoms with Gasteiger partial charge in [-0.25, -0.2) is 0 Å². The Balaban J connectivity index is 1.65. The summed E-state index contributed by atoms with van der Waals surface area (Å²) in [7, 11) is 3.94. The van der Waals surface area contributed by atoms with Gasteiger partial charge in [0.2, 0.25) is 11.8 Å². The van der Waals surface area contributed by atoms with Crippen LogP contribution in [-0.4, -0.2) is 22.8 Å². The van der Waals surface area contributed by atoms with E-state index in [4.69, 9.17) is 5.73 Å². The van der Waals surface area contributed by atoms with Gasteiger partial charge in [-0.05, 0) is 43.5 Å². The monoisotopic (exact) mass is 324 g/mol. The van der Waals surface area contributed by atoms with E-state index >= 15 is 0 Å². The first-order chi connectivity index (χ1) is 10.1. The lowest BCUT2D eigenvalue weighted by Crippen LogP contribution is -2.13. The van der Waals surface area contributed by atoms with Crippen molar-refractivity contribution in [3.05, 3.63) is 29.8 Å². The minimum Gasteiger partial charge on any atom is -0.366 e. The molecule has 0 unspecified atom stereocenters. The van der Waals surface area contributed by atoms with Crippen LogP contribution in [0.4, 0.5) is 5.69 Å². The maximum Gasteiger partial charge on any atom is 0.248 e. The van der Waals surface area contributed by atoms with Gasteiger partial charge in [-0.3, -0.25) is 9.59 Å². The van der Waals surface area contributed by atoms with Gasteiger partial charge in [0.05, 0.1) is 0 Å². The van der Waals surface area contributed by atoms with Gasteiger partial charge in [0, 0.05) is 28.7 Å². The third kappa shape index (κ3) is 5.63. The van der Waals surface area contributed by atoms with Gasteiger partial charge in [0.1, 0.15) is 0 Å². The zero-order valence-electron chi connectivity index (χ0n) is 11.8. The summed E-state index contributed by atoms with van der Waals surface area (Å²) in [4.78, 5) is 22.8. The largest absolute Gasteiger partial charge is 0.366 e. The lowest BCUT2D eigenvalue weighted by molar-refractivity contribution is -0.116. The summed E-state index contributed by atoms with van der Waals surface area (Å²) < 4.78 is 0. The summed E-state index contributed by atoms with van der Waals surface area (Å²) in [6.45, 7) is 0. The van der Waals surface area contributed by atoms with Crippen molar-refractivity contribution in [3.8, 4) is 0 Å². The molecule has 1 saturated heterocycles. The molecule has 1 aliphatic rings. The van der Waals surface area contributed by atoms with Gasteiger partial charge in [0.15, 0.2) is 0 Å². The van der Waals surface area contributed by atoms with E-state index in [1.807, 2.05) is 21.6 Å². The topological polar surface area (TPSA) is 72.2 Å². The molecule has 1 aromatic carbocycles. The number of amides is 2. The highest BCUT2D eigenvalue weighted by atomic mass is 33.1. The summed E-state index contributed by atoms with van der Waals surface area (Å²) in [6.07, 6.45) is 5.08. The summed E-state index contributed by atoms with van der Waals surface area (Å²) in [5.74, 6) is 0.822. The molecule has 6 heteroatoms. The summed E-state index contributed by atoms with van der Waals surface area (Å²) in [5.41, 5.74) is 6.31. The normalized spacial score (nSPS) is 17.6. The van der Waals surface area contributed by atoms with Crippen molar-refractivity contribution in [1.29, 1.82) is 0 Å². The molecule has 1 fully saturated rings. The number of hydrogen-bond acceptors (Lipinski definition) is 4. The maximum atomic E-state index is 11.8. The fraction of sp³-hybridized carbons (Fsp3) is 0.467. The third-order valence-corrected chi connectivity index (χ3v) is 6.37. The van der Waals surface area contributed by atoms with E-state index in [2.05, 4.69) is 5.32 Å². The maximum absolute atomic E-state index is 11.8. The Morgan fingerprint density at radius 2 is 2.00 bits per heavy atom. The second kappa shape index (κ2) is 8.34. The molecule has 1 heterocycles. The van der Waals surface area contributed by atoms with Gasteiger partial charge < -0.3 is 11.1 Å². The van der Waals surface area contributed by atoms with Crippen molar-refractivity contribution in [2.75, 3.05) is 11.1 Å². The lowest BCUT2D eigenvalue weighted by atomic mass is 10.1. The van der Waals surface area contributed by atoms with E-state index in [0.29, 0.717) is 17.7 Å². The van der Waals surface area contributed by atoms with Crippen molar-refractivity contribution in [2.24, 2.45) is 5.73 Å². The van der Waals surface area contributed by atoms with Crippen LogP contribution >= 0.6 is 21.6 Å². The minimum atomic E-state index is -0.462. The number of carbonyl (C=O) groups is 2. The van der Waals surface area contributed by atoms with Crippen molar-refractivity contribution in [3.63, 3.8) is 0 Å². The van der Waals surface area contributed by atoms with Crippen molar-refractivity contribution in [1.82, 2.24) is 0 Å². The van der Waals surface area contributed by atoms with Crippen LogP contribution in [0.15, 0.2) is 24.3 Å². The van der Waals surface area contributed by atoms with Crippen molar-refractivity contribution < 1.29 is 9.59 Å². The molecule has 0 spiro atoms. The number of benzene rings is 1. The first kappa shape index (κ1) is 16.2. The van der Waals surface area contributed by atoms with Gasteiger partial charge in [-0.2, -0.15) is 0 Å². The average Bonchev–Trinajstić information content (AvgIpc) is 2.97. The molecule has 2 amide bonds. The molecule has 0 radical (unpaired) electrons.